The van der Waals surface area contributed by atoms with Crippen molar-refractivity contribution >= 4 is 11.6 Å². The van der Waals surface area contributed by atoms with Crippen LogP contribution in [0.2, 0.25) is 0 Å². The fourth-order valence-electron chi connectivity index (χ4n) is 2.88. The molecule has 4 nitrogen and oxygen atoms in total. The molecule has 2 N–H and O–H groups in total. The lowest BCUT2D eigenvalue weighted by atomic mass is 10.1. The minimum absolute atomic E-state index is 0.00119. The second-order valence-electron chi connectivity index (χ2n) is 5.03. The van der Waals surface area contributed by atoms with Crippen LogP contribution in [0.1, 0.15) is 28.8 Å². The second kappa shape index (κ2) is 4.61. The summed E-state index contributed by atoms with van der Waals surface area (Å²) in [5.41, 5.74) is 3.09. The summed E-state index contributed by atoms with van der Waals surface area (Å²) >= 11 is 0. The van der Waals surface area contributed by atoms with Gasteiger partial charge in [-0.15, -0.1) is 0 Å². The average molecular weight is 246 g/mol. The summed E-state index contributed by atoms with van der Waals surface area (Å²) < 4.78 is 0. The molecule has 0 aromatic heterocycles. The molecule has 0 spiro atoms. The zero-order chi connectivity index (χ0) is 12.5. The molecular weight excluding hydrogens is 228 g/mol. The predicted molar refractivity (Wildman–Crippen MR) is 69.8 cm³/mol. The van der Waals surface area contributed by atoms with Crippen molar-refractivity contribution in [3.8, 4) is 0 Å². The van der Waals surface area contributed by atoms with E-state index in [1.807, 2.05) is 18.2 Å². The summed E-state index contributed by atoms with van der Waals surface area (Å²) in [7, 11) is 0. The maximum absolute atomic E-state index is 12.4. The topological polar surface area (TPSA) is 52.6 Å². The summed E-state index contributed by atoms with van der Waals surface area (Å²) in [4.78, 5) is 14.2. The Hall–Kier alpha value is -1.55. The Labute approximate surface area is 107 Å². The maximum Gasteiger partial charge on any atom is 0.254 e. The van der Waals surface area contributed by atoms with Gasteiger partial charge in [0, 0.05) is 24.3 Å². The van der Waals surface area contributed by atoms with E-state index in [0.29, 0.717) is 0 Å². The molecular formula is C14H18N2O2. The van der Waals surface area contributed by atoms with Crippen LogP contribution in [0, 0.1) is 0 Å². The van der Waals surface area contributed by atoms with Crippen LogP contribution in [-0.4, -0.2) is 41.7 Å². The van der Waals surface area contributed by atoms with Crippen molar-refractivity contribution < 1.29 is 9.90 Å². The lowest BCUT2D eigenvalue weighted by molar-refractivity contribution is 0.0677. The molecule has 1 saturated heterocycles. The van der Waals surface area contributed by atoms with E-state index < -0.39 is 0 Å². The Balaban J connectivity index is 1.84. The highest BCUT2D eigenvalue weighted by Crippen LogP contribution is 2.26. The minimum Gasteiger partial charge on any atom is -0.394 e. The molecule has 96 valence electrons. The van der Waals surface area contributed by atoms with Crippen molar-refractivity contribution in [2.75, 3.05) is 25.0 Å². The number of aliphatic hydroxyl groups excluding tert-OH is 1. The summed E-state index contributed by atoms with van der Waals surface area (Å²) in [6.07, 6.45) is 2.93. The molecule has 1 fully saturated rings. The summed E-state index contributed by atoms with van der Waals surface area (Å²) in [5.74, 6) is 0.0445. The van der Waals surface area contributed by atoms with Crippen LogP contribution in [0.4, 0.5) is 5.69 Å². The number of nitrogens with zero attached hydrogens (tertiary/aromatic N) is 1. The summed E-state index contributed by atoms with van der Waals surface area (Å²) in [5, 5.41) is 12.6. The average Bonchev–Trinajstić information content (AvgIpc) is 3.05. The number of aliphatic hydroxyl groups is 1. The van der Waals surface area contributed by atoms with Crippen LogP contribution in [-0.2, 0) is 6.42 Å². The smallest absolute Gasteiger partial charge is 0.254 e. The van der Waals surface area contributed by atoms with Gasteiger partial charge in [0.05, 0.1) is 12.6 Å². The quantitative estimate of drug-likeness (QED) is 0.826. The van der Waals surface area contributed by atoms with Gasteiger partial charge in [-0.05, 0) is 37.0 Å². The maximum atomic E-state index is 12.4. The fourth-order valence-corrected chi connectivity index (χ4v) is 2.88. The van der Waals surface area contributed by atoms with Gasteiger partial charge in [-0.3, -0.25) is 4.79 Å². The van der Waals surface area contributed by atoms with Crippen molar-refractivity contribution in [2.45, 2.75) is 25.3 Å². The molecule has 0 aliphatic carbocycles. The molecule has 2 aliphatic heterocycles. The predicted octanol–water partition coefficient (Wildman–Crippen LogP) is 1.25. The van der Waals surface area contributed by atoms with Crippen molar-refractivity contribution in [1.29, 1.82) is 0 Å². The van der Waals surface area contributed by atoms with E-state index in [1.54, 1.807) is 4.90 Å². The minimum atomic E-state index is -0.00119. The Morgan fingerprint density at radius 2 is 2.39 bits per heavy atom. The SMILES string of the molecule is O=C(c1ccc2c(c1)NCC2)N1CCC[C@H]1CO. The Morgan fingerprint density at radius 3 is 3.22 bits per heavy atom. The van der Waals surface area contributed by atoms with E-state index in [1.165, 1.54) is 5.56 Å². The fraction of sp³-hybridized carbons (Fsp3) is 0.500. The van der Waals surface area contributed by atoms with E-state index in [4.69, 9.17) is 0 Å². The van der Waals surface area contributed by atoms with Crippen LogP contribution in [0.3, 0.4) is 0 Å². The number of amides is 1. The molecule has 1 aromatic carbocycles. The summed E-state index contributed by atoms with van der Waals surface area (Å²) in [6.45, 7) is 1.78. The number of benzene rings is 1. The van der Waals surface area contributed by atoms with E-state index in [9.17, 15) is 9.90 Å². The first-order valence-electron chi connectivity index (χ1n) is 6.58. The van der Waals surface area contributed by atoms with Gasteiger partial charge in [-0.2, -0.15) is 0 Å². The molecule has 1 atom stereocenters. The van der Waals surface area contributed by atoms with Gasteiger partial charge in [-0.25, -0.2) is 0 Å². The zero-order valence-corrected chi connectivity index (χ0v) is 10.4. The zero-order valence-electron chi connectivity index (χ0n) is 10.4. The monoisotopic (exact) mass is 246 g/mol. The van der Waals surface area contributed by atoms with Crippen molar-refractivity contribution in [1.82, 2.24) is 4.90 Å². The number of carbonyl (C=O) groups excluding carboxylic acids is 1. The van der Waals surface area contributed by atoms with E-state index in [-0.39, 0.29) is 18.6 Å². The van der Waals surface area contributed by atoms with E-state index in [2.05, 4.69) is 5.32 Å². The number of hydrogen-bond acceptors (Lipinski definition) is 3. The molecule has 0 unspecified atom stereocenters. The van der Waals surface area contributed by atoms with Gasteiger partial charge in [-0.1, -0.05) is 6.07 Å². The number of fused-ring (bicyclic) bond motifs is 1. The number of rotatable bonds is 2. The van der Waals surface area contributed by atoms with Crippen LogP contribution < -0.4 is 5.32 Å². The number of carbonyl (C=O) groups is 1. The highest BCUT2D eigenvalue weighted by Gasteiger charge is 2.29. The van der Waals surface area contributed by atoms with Gasteiger partial charge in [0.15, 0.2) is 0 Å². The standard InChI is InChI=1S/C14H18N2O2/c17-9-12-2-1-7-16(12)14(18)11-4-3-10-5-6-15-13(10)8-11/h3-4,8,12,15,17H,1-2,5-7,9H2/t12-/m0/s1. The third-order valence-corrected chi connectivity index (χ3v) is 3.92. The number of hydrogen-bond donors (Lipinski definition) is 2. The van der Waals surface area contributed by atoms with Crippen molar-refractivity contribution in [2.24, 2.45) is 0 Å². The lowest BCUT2D eigenvalue weighted by Crippen LogP contribution is -2.37. The van der Waals surface area contributed by atoms with Crippen LogP contribution in [0.5, 0.6) is 0 Å². The van der Waals surface area contributed by atoms with Crippen molar-refractivity contribution in [3.63, 3.8) is 0 Å². The highest BCUT2D eigenvalue weighted by atomic mass is 16.3. The molecule has 0 bridgehead atoms. The first-order valence-corrected chi connectivity index (χ1v) is 6.58. The lowest BCUT2D eigenvalue weighted by Gasteiger charge is -2.23. The molecule has 2 aliphatic rings. The van der Waals surface area contributed by atoms with Gasteiger partial charge in [0.2, 0.25) is 0 Å². The molecule has 0 radical (unpaired) electrons. The van der Waals surface area contributed by atoms with Crippen LogP contribution in [0.25, 0.3) is 0 Å². The Kier molecular flexibility index (Phi) is 2.96. The van der Waals surface area contributed by atoms with E-state index >= 15 is 0 Å². The van der Waals surface area contributed by atoms with Gasteiger partial charge in [0.25, 0.3) is 5.91 Å². The summed E-state index contributed by atoms with van der Waals surface area (Å²) in [6, 6.07) is 5.88. The number of nitrogens with one attached hydrogen (secondary N) is 1. The number of anilines is 1. The van der Waals surface area contributed by atoms with Crippen LogP contribution >= 0.6 is 0 Å². The first kappa shape index (κ1) is 11.5. The highest BCUT2D eigenvalue weighted by molar-refractivity contribution is 5.96. The molecule has 1 aromatic rings. The Morgan fingerprint density at radius 1 is 1.50 bits per heavy atom. The molecule has 18 heavy (non-hydrogen) atoms. The normalized spacial score (nSPS) is 21.8. The first-order chi connectivity index (χ1) is 8.79. The molecule has 3 rings (SSSR count). The van der Waals surface area contributed by atoms with Gasteiger partial charge >= 0.3 is 0 Å². The largest absolute Gasteiger partial charge is 0.394 e. The molecule has 4 heteroatoms. The molecule has 2 heterocycles. The van der Waals surface area contributed by atoms with Crippen molar-refractivity contribution in [3.05, 3.63) is 29.3 Å². The third-order valence-electron chi connectivity index (χ3n) is 3.92. The van der Waals surface area contributed by atoms with Crippen LogP contribution in [0.15, 0.2) is 18.2 Å². The van der Waals surface area contributed by atoms with Gasteiger partial charge in [0.1, 0.15) is 0 Å². The third kappa shape index (κ3) is 1.86. The number of likely N-dealkylation sites (tertiary alicyclic amines) is 1. The Bertz CT molecular complexity index is 473. The van der Waals surface area contributed by atoms with E-state index in [0.717, 1.165) is 43.6 Å². The molecule has 1 amide bonds. The second-order valence-corrected chi connectivity index (χ2v) is 5.03. The molecule has 0 saturated carbocycles. The van der Waals surface area contributed by atoms with Gasteiger partial charge < -0.3 is 15.3 Å².